The maximum Gasteiger partial charge on any atom is 0.223 e. The Bertz CT molecular complexity index is 571. The first-order chi connectivity index (χ1) is 11.0. The van der Waals surface area contributed by atoms with E-state index in [1.54, 1.807) is 11.8 Å². The van der Waals surface area contributed by atoms with Crippen LogP contribution in [0.15, 0.2) is 16.4 Å². The van der Waals surface area contributed by atoms with Crippen LogP contribution < -0.4 is 5.32 Å². The van der Waals surface area contributed by atoms with Crippen LogP contribution in [-0.4, -0.2) is 41.0 Å². The van der Waals surface area contributed by atoms with Gasteiger partial charge >= 0.3 is 0 Å². The van der Waals surface area contributed by atoms with E-state index < -0.39 is 0 Å². The number of nitrogens with zero attached hydrogens (tertiary/aromatic N) is 3. The zero-order chi connectivity index (χ0) is 16.3. The third kappa shape index (κ3) is 4.27. The van der Waals surface area contributed by atoms with Crippen molar-refractivity contribution in [3.05, 3.63) is 22.9 Å². The highest BCUT2D eigenvalue weighted by atomic mass is 32.2. The number of hydrogen-bond acceptors (Lipinski definition) is 5. The maximum absolute atomic E-state index is 4.84. The Kier molecular flexibility index (Phi) is 5.27. The van der Waals surface area contributed by atoms with Gasteiger partial charge in [-0.25, -0.2) is 9.97 Å². The molecule has 2 aliphatic rings. The van der Waals surface area contributed by atoms with E-state index in [4.69, 9.17) is 9.97 Å². The van der Waals surface area contributed by atoms with Crippen LogP contribution in [-0.2, 0) is 11.8 Å². The average Bonchev–Trinajstić information content (AvgIpc) is 2.54. The van der Waals surface area contributed by atoms with Gasteiger partial charge in [0.2, 0.25) is 5.95 Å². The zero-order valence-corrected chi connectivity index (χ0v) is 15.4. The molecule has 0 unspecified atom stereocenters. The number of nitrogens with one attached hydrogen (secondary N) is 1. The molecule has 1 aromatic heterocycles. The van der Waals surface area contributed by atoms with Crippen molar-refractivity contribution in [2.45, 2.75) is 56.8 Å². The standard InChI is InChI=1S/C18H28N4S/c1-18(2,3)16-15-14(8-7-13-23-15)20-17(21-16)19-9-12-22-10-5-4-6-11-22/h7,13H,4-6,8-12H2,1-3H3,(H,19,20,21). The number of allylic oxidation sites excluding steroid dienone is 1. The third-order valence-electron chi connectivity index (χ3n) is 4.40. The summed E-state index contributed by atoms with van der Waals surface area (Å²) in [5.74, 6) is 0.793. The Labute approximate surface area is 144 Å². The Hall–Kier alpha value is -1.07. The molecule has 2 aliphatic heterocycles. The number of aromatic nitrogens is 2. The van der Waals surface area contributed by atoms with Gasteiger partial charge in [-0.1, -0.05) is 45.0 Å². The molecule has 1 saturated heterocycles. The van der Waals surface area contributed by atoms with E-state index in [2.05, 4.69) is 42.5 Å². The summed E-state index contributed by atoms with van der Waals surface area (Å²) in [5, 5.41) is 5.61. The van der Waals surface area contributed by atoms with Gasteiger partial charge in [-0.15, -0.1) is 0 Å². The van der Waals surface area contributed by atoms with Crippen LogP contribution in [0.2, 0.25) is 0 Å². The third-order valence-corrected chi connectivity index (χ3v) is 5.39. The van der Waals surface area contributed by atoms with Gasteiger partial charge in [0.05, 0.1) is 16.3 Å². The number of thioether (sulfide) groups is 1. The highest BCUT2D eigenvalue weighted by Gasteiger charge is 2.25. The maximum atomic E-state index is 4.84. The summed E-state index contributed by atoms with van der Waals surface area (Å²) in [6.45, 7) is 11.2. The Balaban J connectivity index is 1.70. The molecule has 0 radical (unpaired) electrons. The van der Waals surface area contributed by atoms with E-state index in [9.17, 15) is 0 Å². The van der Waals surface area contributed by atoms with Crippen LogP contribution in [0.3, 0.4) is 0 Å². The lowest BCUT2D eigenvalue weighted by atomic mass is 9.91. The molecule has 1 aromatic rings. The van der Waals surface area contributed by atoms with Gasteiger partial charge in [-0.3, -0.25) is 0 Å². The van der Waals surface area contributed by atoms with Crippen LogP contribution >= 0.6 is 11.8 Å². The molecule has 23 heavy (non-hydrogen) atoms. The minimum atomic E-state index is 0.0362. The van der Waals surface area contributed by atoms with Gasteiger partial charge in [0.1, 0.15) is 0 Å². The molecule has 0 spiro atoms. The van der Waals surface area contributed by atoms with Gasteiger partial charge in [0, 0.05) is 24.9 Å². The van der Waals surface area contributed by atoms with Gasteiger partial charge < -0.3 is 10.2 Å². The number of rotatable bonds is 4. The molecule has 0 amide bonds. The molecular weight excluding hydrogens is 304 g/mol. The summed E-state index contributed by atoms with van der Waals surface area (Å²) in [4.78, 5) is 13.4. The fourth-order valence-electron chi connectivity index (χ4n) is 3.13. The molecule has 0 atom stereocenters. The number of hydrogen-bond donors (Lipinski definition) is 1. The number of likely N-dealkylation sites (tertiary alicyclic amines) is 1. The number of anilines is 1. The monoisotopic (exact) mass is 332 g/mol. The summed E-state index contributed by atoms with van der Waals surface area (Å²) in [5.41, 5.74) is 2.37. The van der Waals surface area contributed by atoms with Crippen LogP contribution in [0.5, 0.6) is 0 Å². The lowest BCUT2D eigenvalue weighted by Crippen LogP contribution is -2.34. The SMILES string of the molecule is CC(C)(C)c1nc(NCCN2CCCCC2)nc2c1SC=CC2. The molecular formula is C18H28N4S. The normalized spacial score (nSPS) is 18.7. The molecule has 0 saturated carbocycles. The molecule has 1 fully saturated rings. The minimum Gasteiger partial charge on any atom is -0.353 e. The zero-order valence-electron chi connectivity index (χ0n) is 14.6. The van der Waals surface area contributed by atoms with Crippen molar-refractivity contribution in [1.29, 1.82) is 0 Å². The van der Waals surface area contributed by atoms with Crippen molar-refractivity contribution in [1.82, 2.24) is 14.9 Å². The average molecular weight is 333 g/mol. The van der Waals surface area contributed by atoms with Crippen LogP contribution in [0.1, 0.15) is 51.4 Å². The van der Waals surface area contributed by atoms with Crippen LogP contribution in [0.4, 0.5) is 5.95 Å². The molecule has 3 heterocycles. The Morgan fingerprint density at radius 2 is 1.96 bits per heavy atom. The topological polar surface area (TPSA) is 41.1 Å². The Morgan fingerprint density at radius 1 is 1.17 bits per heavy atom. The fraction of sp³-hybridized carbons (Fsp3) is 0.667. The second-order valence-corrected chi connectivity index (χ2v) is 8.36. The molecule has 1 N–H and O–H groups in total. The molecule has 0 aromatic carbocycles. The molecule has 3 rings (SSSR count). The summed E-state index contributed by atoms with van der Waals surface area (Å²) >= 11 is 1.76. The second-order valence-electron chi connectivity index (χ2n) is 7.44. The highest BCUT2D eigenvalue weighted by molar-refractivity contribution is 8.02. The van der Waals surface area contributed by atoms with Crippen molar-refractivity contribution in [2.75, 3.05) is 31.5 Å². The van der Waals surface area contributed by atoms with E-state index in [0.29, 0.717) is 0 Å². The van der Waals surface area contributed by atoms with E-state index in [0.717, 1.165) is 36.8 Å². The minimum absolute atomic E-state index is 0.0362. The van der Waals surface area contributed by atoms with Gasteiger partial charge in [-0.05, 0) is 31.3 Å². The summed E-state index contributed by atoms with van der Waals surface area (Å²) in [6, 6.07) is 0. The summed E-state index contributed by atoms with van der Waals surface area (Å²) < 4.78 is 0. The van der Waals surface area contributed by atoms with Crippen molar-refractivity contribution in [2.24, 2.45) is 0 Å². The predicted molar refractivity (Wildman–Crippen MR) is 98.2 cm³/mol. The quantitative estimate of drug-likeness (QED) is 0.907. The van der Waals surface area contributed by atoms with Gasteiger partial charge in [-0.2, -0.15) is 0 Å². The second kappa shape index (κ2) is 7.22. The van der Waals surface area contributed by atoms with E-state index in [1.807, 2.05) is 0 Å². The van der Waals surface area contributed by atoms with Crippen molar-refractivity contribution in [3.63, 3.8) is 0 Å². The number of fused-ring (bicyclic) bond motifs is 1. The van der Waals surface area contributed by atoms with E-state index >= 15 is 0 Å². The molecule has 4 nitrogen and oxygen atoms in total. The van der Waals surface area contributed by atoms with Crippen LogP contribution in [0, 0.1) is 0 Å². The largest absolute Gasteiger partial charge is 0.353 e. The summed E-state index contributed by atoms with van der Waals surface area (Å²) in [7, 11) is 0. The molecule has 0 aliphatic carbocycles. The summed E-state index contributed by atoms with van der Waals surface area (Å²) in [6.07, 6.45) is 7.16. The fourth-order valence-corrected chi connectivity index (χ4v) is 4.19. The predicted octanol–water partition coefficient (Wildman–Crippen LogP) is 3.83. The van der Waals surface area contributed by atoms with Crippen LogP contribution in [0.25, 0.3) is 0 Å². The number of piperidine rings is 1. The van der Waals surface area contributed by atoms with Gasteiger partial charge in [0.15, 0.2) is 0 Å². The van der Waals surface area contributed by atoms with Gasteiger partial charge in [0.25, 0.3) is 0 Å². The Morgan fingerprint density at radius 3 is 2.70 bits per heavy atom. The first-order valence-electron chi connectivity index (χ1n) is 8.73. The van der Waals surface area contributed by atoms with Crippen molar-refractivity contribution in [3.8, 4) is 0 Å². The first kappa shape index (κ1) is 16.8. The van der Waals surface area contributed by atoms with E-state index in [-0.39, 0.29) is 5.41 Å². The smallest absolute Gasteiger partial charge is 0.223 e. The lowest BCUT2D eigenvalue weighted by Gasteiger charge is -2.27. The van der Waals surface area contributed by atoms with Crippen molar-refractivity contribution < 1.29 is 0 Å². The molecule has 0 bridgehead atoms. The lowest BCUT2D eigenvalue weighted by molar-refractivity contribution is 0.237. The first-order valence-corrected chi connectivity index (χ1v) is 9.61. The molecule has 5 heteroatoms. The highest BCUT2D eigenvalue weighted by Crippen LogP contribution is 2.36. The van der Waals surface area contributed by atoms with Crippen molar-refractivity contribution >= 4 is 17.7 Å². The van der Waals surface area contributed by atoms with E-state index in [1.165, 1.54) is 37.2 Å². The molecule has 126 valence electrons.